The van der Waals surface area contributed by atoms with Crippen LogP contribution in [0.25, 0.3) is 0 Å². The van der Waals surface area contributed by atoms with Crippen molar-refractivity contribution in [3.05, 3.63) is 33.8 Å². The van der Waals surface area contributed by atoms with Gasteiger partial charge >= 0.3 is 0 Å². The Morgan fingerprint density at radius 3 is 2.76 bits per heavy atom. The van der Waals surface area contributed by atoms with Crippen LogP contribution in [0.5, 0.6) is 0 Å². The van der Waals surface area contributed by atoms with E-state index in [0.29, 0.717) is 35.3 Å². The van der Waals surface area contributed by atoms with Crippen molar-refractivity contribution in [2.24, 2.45) is 4.99 Å². The standard InChI is InChI=1S/C20H28Cl2N4O3/c1-2-23-20(26-9-11-29-18(13-26)17-4-3-10-28-17)25-8-7-24-19(27)14-5-6-15(21)16(22)12-14/h5-6,12,17-18H,2-4,7-11,13H2,1H3,(H,23,25)(H,24,27). The summed E-state index contributed by atoms with van der Waals surface area (Å²) >= 11 is 11.9. The lowest BCUT2D eigenvalue weighted by molar-refractivity contribution is -0.0817. The van der Waals surface area contributed by atoms with Gasteiger partial charge in [-0.2, -0.15) is 0 Å². The van der Waals surface area contributed by atoms with Gasteiger partial charge in [0, 0.05) is 38.3 Å². The Hall–Kier alpha value is -1.54. The number of rotatable bonds is 6. The molecule has 2 unspecified atom stereocenters. The van der Waals surface area contributed by atoms with Crippen molar-refractivity contribution in [2.75, 3.05) is 45.9 Å². The van der Waals surface area contributed by atoms with Gasteiger partial charge in [-0.3, -0.25) is 9.79 Å². The van der Waals surface area contributed by atoms with Crippen LogP contribution in [0, 0.1) is 0 Å². The maximum Gasteiger partial charge on any atom is 0.251 e. The Bertz CT molecular complexity index is 726. The molecule has 0 radical (unpaired) electrons. The van der Waals surface area contributed by atoms with E-state index in [0.717, 1.165) is 45.0 Å². The van der Waals surface area contributed by atoms with Gasteiger partial charge in [0.05, 0.1) is 29.3 Å². The zero-order valence-electron chi connectivity index (χ0n) is 16.6. The SMILES string of the molecule is CCNC(=NCCNC(=O)c1ccc(Cl)c(Cl)c1)N1CCOC(C2CCCO2)C1. The predicted octanol–water partition coefficient (Wildman–Crippen LogP) is 2.57. The van der Waals surface area contributed by atoms with E-state index in [2.05, 4.69) is 20.5 Å². The molecule has 2 atom stereocenters. The number of carbonyl (C=O) groups excluding carboxylic acids is 1. The van der Waals surface area contributed by atoms with Crippen molar-refractivity contribution in [2.45, 2.75) is 32.0 Å². The van der Waals surface area contributed by atoms with Gasteiger partial charge in [0.15, 0.2) is 5.96 Å². The summed E-state index contributed by atoms with van der Waals surface area (Å²) in [7, 11) is 0. The maximum absolute atomic E-state index is 12.3. The maximum atomic E-state index is 12.3. The fraction of sp³-hybridized carbons (Fsp3) is 0.600. The summed E-state index contributed by atoms with van der Waals surface area (Å²) < 4.78 is 11.7. The van der Waals surface area contributed by atoms with Crippen molar-refractivity contribution >= 4 is 35.1 Å². The molecule has 2 aliphatic heterocycles. The number of halogens is 2. The first-order chi connectivity index (χ1) is 14.1. The second kappa shape index (κ2) is 11.0. The average Bonchev–Trinajstić information content (AvgIpc) is 3.27. The van der Waals surface area contributed by atoms with Gasteiger partial charge in [0.25, 0.3) is 5.91 Å². The van der Waals surface area contributed by atoms with Gasteiger partial charge in [-0.25, -0.2) is 0 Å². The first-order valence-corrected chi connectivity index (χ1v) is 10.8. The van der Waals surface area contributed by atoms with Gasteiger partial charge in [-0.15, -0.1) is 0 Å². The minimum Gasteiger partial charge on any atom is -0.375 e. The number of aliphatic imine (C=N–C) groups is 1. The smallest absolute Gasteiger partial charge is 0.251 e. The molecule has 1 amide bonds. The largest absolute Gasteiger partial charge is 0.375 e. The summed E-state index contributed by atoms with van der Waals surface area (Å²) in [5, 5.41) is 6.98. The van der Waals surface area contributed by atoms with E-state index >= 15 is 0 Å². The second-order valence-electron chi connectivity index (χ2n) is 7.03. The highest BCUT2D eigenvalue weighted by atomic mass is 35.5. The number of morpholine rings is 1. The molecule has 0 aromatic heterocycles. The molecule has 1 aromatic rings. The normalized spacial score (nSPS) is 22.6. The molecule has 0 saturated carbocycles. The summed E-state index contributed by atoms with van der Waals surface area (Å²) in [6.07, 6.45) is 2.39. The number of nitrogens with one attached hydrogen (secondary N) is 2. The highest BCUT2D eigenvalue weighted by Gasteiger charge is 2.32. The molecule has 2 fully saturated rings. The summed E-state index contributed by atoms with van der Waals surface area (Å²) in [4.78, 5) is 19.1. The zero-order valence-corrected chi connectivity index (χ0v) is 18.1. The molecule has 2 heterocycles. The van der Waals surface area contributed by atoms with Gasteiger partial charge < -0.3 is 25.0 Å². The van der Waals surface area contributed by atoms with Crippen molar-refractivity contribution in [3.63, 3.8) is 0 Å². The first-order valence-electron chi connectivity index (χ1n) is 10.1. The monoisotopic (exact) mass is 442 g/mol. The molecule has 9 heteroatoms. The Morgan fingerprint density at radius 1 is 1.21 bits per heavy atom. The highest BCUT2D eigenvalue weighted by Crippen LogP contribution is 2.22. The summed E-state index contributed by atoms with van der Waals surface area (Å²) in [6, 6.07) is 4.82. The lowest BCUT2D eigenvalue weighted by Gasteiger charge is -2.37. The van der Waals surface area contributed by atoms with E-state index in [9.17, 15) is 4.79 Å². The van der Waals surface area contributed by atoms with Gasteiger partial charge in [-0.05, 0) is 38.0 Å². The van der Waals surface area contributed by atoms with E-state index < -0.39 is 0 Å². The minimum atomic E-state index is -0.200. The number of hydrogen-bond donors (Lipinski definition) is 2. The molecule has 2 aliphatic rings. The van der Waals surface area contributed by atoms with E-state index in [1.165, 1.54) is 0 Å². The van der Waals surface area contributed by atoms with E-state index in [1.54, 1.807) is 18.2 Å². The van der Waals surface area contributed by atoms with Crippen LogP contribution in [0.1, 0.15) is 30.1 Å². The Morgan fingerprint density at radius 2 is 2.03 bits per heavy atom. The summed E-state index contributed by atoms with van der Waals surface area (Å²) in [5.41, 5.74) is 0.475. The molecule has 160 valence electrons. The van der Waals surface area contributed by atoms with Crippen LogP contribution in [-0.4, -0.2) is 74.9 Å². The van der Waals surface area contributed by atoms with Crippen molar-refractivity contribution in [1.29, 1.82) is 0 Å². The number of guanidine groups is 1. The first kappa shape index (κ1) is 22.2. The molecule has 2 saturated heterocycles. The fourth-order valence-corrected chi connectivity index (χ4v) is 3.78. The van der Waals surface area contributed by atoms with Crippen molar-refractivity contribution in [3.8, 4) is 0 Å². The summed E-state index contributed by atoms with van der Waals surface area (Å²) in [6.45, 7) is 6.72. The predicted molar refractivity (Wildman–Crippen MR) is 115 cm³/mol. The zero-order chi connectivity index (χ0) is 20.6. The fourth-order valence-electron chi connectivity index (χ4n) is 3.49. The number of benzene rings is 1. The molecular formula is C20H28Cl2N4O3. The van der Waals surface area contributed by atoms with Gasteiger partial charge in [-0.1, -0.05) is 23.2 Å². The van der Waals surface area contributed by atoms with Crippen LogP contribution in [0.2, 0.25) is 10.0 Å². The van der Waals surface area contributed by atoms with Crippen molar-refractivity contribution < 1.29 is 14.3 Å². The molecule has 2 N–H and O–H groups in total. The number of nitrogens with zero attached hydrogens (tertiary/aromatic N) is 2. The minimum absolute atomic E-state index is 0.0736. The molecule has 29 heavy (non-hydrogen) atoms. The van der Waals surface area contributed by atoms with Gasteiger partial charge in [0.1, 0.15) is 6.10 Å². The Labute approximate surface area is 181 Å². The second-order valence-corrected chi connectivity index (χ2v) is 7.84. The average molecular weight is 443 g/mol. The number of hydrogen-bond acceptors (Lipinski definition) is 4. The van der Waals surface area contributed by atoms with E-state index in [-0.39, 0.29) is 18.1 Å². The molecule has 1 aromatic carbocycles. The third kappa shape index (κ3) is 6.22. The van der Waals surface area contributed by atoms with Crippen LogP contribution < -0.4 is 10.6 Å². The quantitative estimate of drug-likeness (QED) is 0.402. The third-order valence-electron chi connectivity index (χ3n) is 4.95. The topological polar surface area (TPSA) is 75.2 Å². The van der Waals surface area contributed by atoms with Crippen LogP contribution in [0.15, 0.2) is 23.2 Å². The van der Waals surface area contributed by atoms with Crippen molar-refractivity contribution in [1.82, 2.24) is 15.5 Å². The third-order valence-corrected chi connectivity index (χ3v) is 5.69. The Kier molecular flexibility index (Phi) is 8.41. The van der Waals surface area contributed by atoms with E-state index in [4.69, 9.17) is 32.7 Å². The van der Waals surface area contributed by atoms with Gasteiger partial charge in [0.2, 0.25) is 0 Å². The molecule has 7 nitrogen and oxygen atoms in total. The Balaban J connectivity index is 1.51. The van der Waals surface area contributed by atoms with Crippen LogP contribution in [0.3, 0.4) is 0 Å². The van der Waals surface area contributed by atoms with Crippen LogP contribution in [0.4, 0.5) is 0 Å². The highest BCUT2D eigenvalue weighted by molar-refractivity contribution is 6.42. The lowest BCUT2D eigenvalue weighted by Crippen LogP contribution is -2.53. The number of carbonyl (C=O) groups is 1. The summed E-state index contributed by atoms with van der Waals surface area (Å²) in [5.74, 6) is 0.635. The van der Waals surface area contributed by atoms with Crippen LogP contribution >= 0.6 is 23.2 Å². The molecule has 0 aliphatic carbocycles. The van der Waals surface area contributed by atoms with E-state index in [1.807, 2.05) is 6.92 Å². The molecule has 0 bridgehead atoms. The van der Waals surface area contributed by atoms with Crippen LogP contribution in [-0.2, 0) is 9.47 Å². The lowest BCUT2D eigenvalue weighted by atomic mass is 10.1. The number of amides is 1. The molecule has 0 spiro atoms. The number of ether oxygens (including phenoxy) is 2. The molecule has 3 rings (SSSR count). The molecular weight excluding hydrogens is 415 g/mol.